The molecule has 3 rings (SSSR count). The van der Waals surface area contributed by atoms with Crippen LogP contribution in [0.3, 0.4) is 0 Å². The van der Waals surface area contributed by atoms with Crippen LogP contribution < -0.4 is 4.80 Å². The molecule has 0 atom stereocenters. The number of alkyl halides is 3. The molecule has 0 saturated heterocycles. The van der Waals surface area contributed by atoms with Crippen molar-refractivity contribution in [3.05, 3.63) is 69.8 Å². The molecule has 3 nitrogen and oxygen atoms in total. The molecule has 1 N–H and O–H groups in total. The summed E-state index contributed by atoms with van der Waals surface area (Å²) in [4.78, 5) is 5.23. The Balaban J connectivity index is 1.97. The van der Waals surface area contributed by atoms with Crippen LogP contribution in [0.25, 0.3) is 11.3 Å². The highest BCUT2D eigenvalue weighted by Crippen LogP contribution is 2.31. The van der Waals surface area contributed by atoms with Crippen molar-refractivity contribution >= 4 is 17.0 Å². The Morgan fingerprint density at radius 1 is 1.00 bits per heavy atom. The van der Waals surface area contributed by atoms with Crippen LogP contribution in [0, 0.1) is 0 Å². The molecule has 0 spiro atoms. The number of aliphatic hydroxyl groups excluding tert-OH is 1. The first-order valence-electron chi connectivity index (χ1n) is 10.5. The van der Waals surface area contributed by atoms with Gasteiger partial charge in [0.05, 0.1) is 16.9 Å². The van der Waals surface area contributed by atoms with E-state index in [4.69, 9.17) is 5.11 Å². The van der Waals surface area contributed by atoms with E-state index in [1.165, 1.54) is 23.0 Å². The highest BCUT2D eigenvalue weighted by atomic mass is 32.1. The van der Waals surface area contributed by atoms with Gasteiger partial charge in [0.1, 0.15) is 0 Å². The van der Waals surface area contributed by atoms with E-state index in [1.54, 1.807) is 6.07 Å². The van der Waals surface area contributed by atoms with Gasteiger partial charge in [-0.15, -0.1) is 11.3 Å². The number of aryl methyl sites for hydroxylation is 1. The summed E-state index contributed by atoms with van der Waals surface area (Å²) >= 11 is 1.43. The molecule has 0 bridgehead atoms. The Bertz CT molecular complexity index is 1040. The van der Waals surface area contributed by atoms with E-state index in [9.17, 15) is 13.2 Å². The number of unbranched alkanes of at least 4 members (excludes halogenated alkanes) is 3. The number of benzene rings is 2. The molecule has 0 saturated carbocycles. The lowest BCUT2D eigenvalue weighted by Gasteiger charge is -2.10. The Labute approximate surface area is 184 Å². The number of hydrogen-bond donors (Lipinski definition) is 1. The number of nitrogens with zero attached hydrogens (tertiary/aromatic N) is 2. The molecule has 1 aromatic heterocycles. The number of aromatic nitrogens is 1. The molecule has 3 aromatic rings. The largest absolute Gasteiger partial charge is 0.416 e. The second-order valence-corrected chi connectivity index (χ2v) is 8.24. The third kappa shape index (κ3) is 6.31. The van der Waals surface area contributed by atoms with Gasteiger partial charge in [0.2, 0.25) is 0 Å². The fourth-order valence-corrected chi connectivity index (χ4v) is 4.33. The highest BCUT2D eigenvalue weighted by molar-refractivity contribution is 7.07. The summed E-state index contributed by atoms with van der Waals surface area (Å²) in [6.45, 7) is 3.02. The normalized spacial score (nSPS) is 12.5. The monoisotopic (exact) mass is 448 g/mol. The van der Waals surface area contributed by atoms with Crippen LogP contribution in [0.4, 0.5) is 18.9 Å². The van der Waals surface area contributed by atoms with Gasteiger partial charge in [-0.25, -0.2) is 4.99 Å². The summed E-state index contributed by atoms with van der Waals surface area (Å²) < 4.78 is 41.3. The zero-order valence-electron chi connectivity index (χ0n) is 17.5. The number of halogens is 3. The van der Waals surface area contributed by atoms with Crippen molar-refractivity contribution in [1.29, 1.82) is 0 Å². The van der Waals surface area contributed by atoms with Gasteiger partial charge >= 0.3 is 6.18 Å². The highest BCUT2D eigenvalue weighted by Gasteiger charge is 2.30. The lowest BCUT2D eigenvalue weighted by atomic mass is 10.1. The fraction of sp³-hybridized carbons (Fsp3) is 0.375. The third-order valence-corrected chi connectivity index (χ3v) is 6.01. The van der Waals surface area contributed by atoms with Gasteiger partial charge in [0.25, 0.3) is 0 Å². The van der Waals surface area contributed by atoms with E-state index in [2.05, 4.69) is 40.7 Å². The first-order valence-corrected chi connectivity index (χ1v) is 11.4. The average molecular weight is 449 g/mol. The zero-order valence-corrected chi connectivity index (χ0v) is 18.3. The summed E-state index contributed by atoms with van der Waals surface area (Å²) in [6.07, 6.45) is 0.177. The lowest BCUT2D eigenvalue weighted by molar-refractivity contribution is -0.137. The van der Waals surface area contributed by atoms with Gasteiger partial charge in [-0.05, 0) is 48.6 Å². The summed E-state index contributed by atoms with van der Waals surface area (Å²) in [7, 11) is 0. The van der Waals surface area contributed by atoms with Crippen molar-refractivity contribution < 1.29 is 18.3 Å². The zero-order chi connectivity index (χ0) is 22.3. The SMILES string of the molecule is CCc1ccc(-c2csc(=Nc3cccc(C(F)(F)F)c3)n2CCCCCCO)cc1. The van der Waals surface area contributed by atoms with Crippen LogP contribution in [-0.4, -0.2) is 16.3 Å². The van der Waals surface area contributed by atoms with Crippen molar-refractivity contribution in [1.82, 2.24) is 4.57 Å². The maximum Gasteiger partial charge on any atom is 0.416 e. The first-order chi connectivity index (χ1) is 14.9. The summed E-state index contributed by atoms with van der Waals surface area (Å²) in [5.74, 6) is 0. The van der Waals surface area contributed by atoms with Crippen LogP contribution in [0.15, 0.2) is 58.9 Å². The van der Waals surface area contributed by atoms with Crippen molar-refractivity contribution in [2.45, 2.75) is 51.7 Å². The summed E-state index contributed by atoms with van der Waals surface area (Å²) in [6, 6.07) is 13.5. The Kier molecular flexibility index (Phi) is 8.09. The molecule has 0 amide bonds. The van der Waals surface area contributed by atoms with Gasteiger partial charge in [0.15, 0.2) is 4.80 Å². The molecule has 166 valence electrons. The standard InChI is InChI=1S/C24H27F3N2OS/c1-2-18-10-12-19(13-11-18)22-17-31-23(29(22)14-5-3-4-6-15-30)28-21-9-7-8-20(16-21)24(25,26)27/h7-13,16-17,30H,2-6,14-15H2,1H3. The predicted molar refractivity (Wildman–Crippen MR) is 119 cm³/mol. The first kappa shape index (κ1) is 23.3. The van der Waals surface area contributed by atoms with E-state index in [1.807, 2.05) is 5.38 Å². The maximum absolute atomic E-state index is 13.1. The average Bonchev–Trinajstić information content (AvgIpc) is 3.15. The van der Waals surface area contributed by atoms with Gasteiger partial charge in [-0.1, -0.05) is 50.1 Å². The molecule has 7 heteroatoms. The summed E-state index contributed by atoms with van der Waals surface area (Å²) in [5.41, 5.74) is 2.92. The Morgan fingerprint density at radius 2 is 1.74 bits per heavy atom. The van der Waals surface area contributed by atoms with E-state index in [0.29, 0.717) is 10.5 Å². The molecule has 0 aliphatic carbocycles. The van der Waals surface area contributed by atoms with Crippen LogP contribution in [0.1, 0.15) is 43.7 Å². The van der Waals surface area contributed by atoms with Crippen LogP contribution in [0.2, 0.25) is 0 Å². The molecule has 0 aliphatic heterocycles. The second kappa shape index (κ2) is 10.8. The van der Waals surface area contributed by atoms with E-state index in [0.717, 1.165) is 62.0 Å². The minimum Gasteiger partial charge on any atom is -0.396 e. The quantitative estimate of drug-likeness (QED) is 0.369. The van der Waals surface area contributed by atoms with Gasteiger partial charge in [-0.2, -0.15) is 13.2 Å². The minimum atomic E-state index is -4.39. The van der Waals surface area contributed by atoms with Gasteiger partial charge < -0.3 is 9.67 Å². The van der Waals surface area contributed by atoms with Crippen molar-refractivity contribution in [3.63, 3.8) is 0 Å². The molecular weight excluding hydrogens is 421 g/mol. The van der Waals surface area contributed by atoms with Crippen molar-refractivity contribution in [3.8, 4) is 11.3 Å². The minimum absolute atomic E-state index is 0.191. The number of thiazole rings is 1. The third-order valence-electron chi connectivity index (χ3n) is 5.14. The van der Waals surface area contributed by atoms with Crippen molar-refractivity contribution in [2.24, 2.45) is 4.99 Å². The van der Waals surface area contributed by atoms with E-state index in [-0.39, 0.29) is 6.61 Å². The Hall–Kier alpha value is -2.38. The lowest BCUT2D eigenvalue weighted by Crippen LogP contribution is -2.16. The maximum atomic E-state index is 13.1. The number of hydrogen-bond acceptors (Lipinski definition) is 3. The van der Waals surface area contributed by atoms with E-state index < -0.39 is 11.7 Å². The molecule has 0 radical (unpaired) electrons. The predicted octanol–water partition coefficient (Wildman–Crippen LogP) is 6.58. The molecule has 0 unspecified atom stereocenters. The molecule has 0 aliphatic rings. The molecule has 31 heavy (non-hydrogen) atoms. The Morgan fingerprint density at radius 3 is 2.42 bits per heavy atom. The number of rotatable bonds is 9. The molecule has 1 heterocycles. The van der Waals surface area contributed by atoms with Gasteiger partial charge in [0, 0.05) is 18.5 Å². The van der Waals surface area contributed by atoms with Crippen molar-refractivity contribution in [2.75, 3.05) is 6.61 Å². The number of aliphatic hydroxyl groups is 1. The molecule has 0 fully saturated rings. The van der Waals surface area contributed by atoms with Crippen LogP contribution >= 0.6 is 11.3 Å². The topological polar surface area (TPSA) is 37.5 Å². The summed E-state index contributed by atoms with van der Waals surface area (Å²) in [5, 5.41) is 11.0. The van der Waals surface area contributed by atoms with Crippen LogP contribution in [-0.2, 0) is 19.1 Å². The smallest absolute Gasteiger partial charge is 0.396 e. The molecule has 2 aromatic carbocycles. The van der Waals surface area contributed by atoms with Gasteiger partial charge in [-0.3, -0.25) is 0 Å². The van der Waals surface area contributed by atoms with Crippen LogP contribution in [0.5, 0.6) is 0 Å². The second-order valence-electron chi connectivity index (χ2n) is 7.40. The van der Waals surface area contributed by atoms with E-state index >= 15 is 0 Å². The fourth-order valence-electron chi connectivity index (χ4n) is 3.37. The molecular formula is C24H27F3N2OS.